The van der Waals surface area contributed by atoms with Crippen molar-refractivity contribution in [3.8, 4) is 0 Å². The summed E-state index contributed by atoms with van der Waals surface area (Å²) in [5.41, 5.74) is 0. The maximum Gasteiger partial charge on any atom is 0.221 e. The second-order valence-electron chi connectivity index (χ2n) is 5.80. The zero-order valence-electron chi connectivity index (χ0n) is 13.7. The van der Waals surface area contributed by atoms with Crippen LogP contribution in [0.3, 0.4) is 0 Å². The molecule has 0 aromatic heterocycles. The molecule has 0 saturated carbocycles. The van der Waals surface area contributed by atoms with Crippen LogP contribution in [0.15, 0.2) is 4.99 Å². The molecular weight excluding hydrogens is 266 g/mol. The molecule has 1 rings (SSSR count). The maximum absolute atomic E-state index is 11.5. The van der Waals surface area contributed by atoms with Crippen LogP contribution < -0.4 is 16.0 Å². The standard InChI is InChI=1S/C15H31N5O/c1-13(2)19-14(21)7-8-17-15(16-3)18-9-12-20-10-5-4-6-11-20/h13H,4-12H2,1-3H3,(H,19,21)(H2,16,17,18). The summed E-state index contributed by atoms with van der Waals surface area (Å²) in [5, 5.41) is 9.34. The van der Waals surface area contributed by atoms with Crippen molar-refractivity contribution in [3.05, 3.63) is 0 Å². The number of nitrogens with zero attached hydrogens (tertiary/aromatic N) is 2. The van der Waals surface area contributed by atoms with Crippen LogP contribution in [-0.2, 0) is 4.79 Å². The third-order valence-electron chi connectivity index (χ3n) is 3.49. The van der Waals surface area contributed by atoms with E-state index in [-0.39, 0.29) is 11.9 Å². The predicted molar refractivity (Wildman–Crippen MR) is 87.6 cm³/mol. The van der Waals surface area contributed by atoms with Gasteiger partial charge < -0.3 is 20.9 Å². The van der Waals surface area contributed by atoms with Gasteiger partial charge in [-0.1, -0.05) is 6.42 Å². The SMILES string of the molecule is CN=C(NCCC(=O)NC(C)C)NCCN1CCCCC1. The topological polar surface area (TPSA) is 68.8 Å². The minimum atomic E-state index is 0.0706. The van der Waals surface area contributed by atoms with Crippen LogP contribution in [-0.4, -0.2) is 62.6 Å². The minimum Gasteiger partial charge on any atom is -0.356 e. The van der Waals surface area contributed by atoms with Gasteiger partial charge in [0.05, 0.1) is 0 Å². The summed E-state index contributed by atoms with van der Waals surface area (Å²) in [5.74, 6) is 0.839. The fourth-order valence-electron chi connectivity index (χ4n) is 2.42. The molecule has 0 aromatic carbocycles. The minimum absolute atomic E-state index is 0.0706. The van der Waals surface area contributed by atoms with Gasteiger partial charge in [-0.3, -0.25) is 9.79 Å². The van der Waals surface area contributed by atoms with E-state index in [0.29, 0.717) is 13.0 Å². The summed E-state index contributed by atoms with van der Waals surface area (Å²) in [7, 11) is 1.75. The van der Waals surface area contributed by atoms with Gasteiger partial charge in [0.25, 0.3) is 0 Å². The number of hydrogen-bond acceptors (Lipinski definition) is 3. The van der Waals surface area contributed by atoms with E-state index in [1.807, 2.05) is 13.8 Å². The first-order valence-corrected chi connectivity index (χ1v) is 8.08. The average Bonchev–Trinajstić information content (AvgIpc) is 2.46. The number of piperidine rings is 1. The van der Waals surface area contributed by atoms with E-state index >= 15 is 0 Å². The summed E-state index contributed by atoms with van der Waals surface area (Å²) in [6.07, 6.45) is 4.46. The quantitative estimate of drug-likeness (QED) is 0.474. The molecule has 1 fully saturated rings. The van der Waals surface area contributed by atoms with Gasteiger partial charge in [-0.05, 0) is 39.8 Å². The zero-order chi connectivity index (χ0) is 15.5. The fraction of sp³-hybridized carbons (Fsp3) is 0.867. The van der Waals surface area contributed by atoms with Crippen molar-refractivity contribution in [2.75, 3.05) is 39.8 Å². The number of amides is 1. The van der Waals surface area contributed by atoms with Crippen LogP contribution in [0.25, 0.3) is 0 Å². The first-order chi connectivity index (χ1) is 10.1. The summed E-state index contributed by atoms with van der Waals surface area (Å²) in [6, 6.07) is 0.194. The summed E-state index contributed by atoms with van der Waals surface area (Å²) >= 11 is 0. The number of rotatable bonds is 7. The molecule has 122 valence electrons. The summed E-state index contributed by atoms with van der Waals surface area (Å²) < 4.78 is 0. The van der Waals surface area contributed by atoms with Crippen molar-refractivity contribution in [2.24, 2.45) is 4.99 Å². The Bertz CT molecular complexity index is 324. The molecule has 0 aromatic rings. The molecule has 21 heavy (non-hydrogen) atoms. The Balaban J connectivity index is 2.10. The number of guanidine groups is 1. The highest BCUT2D eigenvalue weighted by atomic mass is 16.1. The summed E-state index contributed by atoms with van der Waals surface area (Å²) in [4.78, 5) is 18.2. The molecule has 1 amide bonds. The van der Waals surface area contributed by atoms with Crippen LogP contribution in [0.1, 0.15) is 39.5 Å². The molecule has 1 aliphatic rings. The van der Waals surface area contributed by atoms with Crippen molar-refractivity contribution < 1.29 is 4.79 Å². The van der Waals surface area contributed by atoms with Gasteiger partial charge >= 0.3 is 0 Å². The maximum atomic E-state index is 11.5. The summed E-state index contributed by atoms with van der Waals surface area (Å²) in [6.45, 7) is 8.89. The van der Waals surface area contributed by atoms with Crippen molar-refractivity contribution >= 4 is 11.9 Å². The Morgan fingerprint density at radius 3 is 2.43 bits per heavy atom. The van der Waals surface area contributed by atoms with Crippen molar-refractivity contribution in [2.45, 2.75) is 45.6 Å². The van der Waals surface area contributed by atoms with Crippen LogP contribution >= 0.6 is 0 Å². The van der Waals surface area contributed by atoms with Crippen LogP contribution in [0, 0.1) is 0 Å². The van der Waals surface area contributed by atoms with Gasteiger partial charge in [0.15, 0.2) is 5.96 Å². The van der Waals surface area contributed by atoms with Gasteiger partial charge in [0.2, 0.25) is 5.91 Å². The lowest BCUT2D eigenvalue weighted by Gasteiger charge is -2.26. The molecule has 1 saturated heterocycles. The van der Waals surface area contributed by atoms with E-state index in [1.54, 1.807) is 7.05 Å². The van der Waals surface area contributed by atoms with Gasteiger partial charge in [0.1, 0.15) is 0 Å². The number of nitrogens with one attached hydrogen (secondary N) is 3. The Hall–Kier alpha value is -1.30. The van der Waals surface area contributed by atoms with Crippen LogP contribution in [0.2, 0.25) is 0 Å². The molecule has 0 aliphatic carbocycles. The monoisotopic (exact) mass is 297 g/mol. The lowest BCUT2D eigenvalue weighted by atomic mass is 10.1. The highest BCUT2D eigenvalue weighted by Crippen LogP contribution is 2.07. The normalized spacial score (nSPS) is 16.9. The highest BCUT2D eigenvalue weighted by Gasteiger charge is 2.09. The van der Waals surface area contributed by atoms with Crippen LogP contribution in [0.4, 0.5) is 0 Å². The number of carbonyl (C=O) groups excluding carboxylic acids is 1. The van der Waals surface area contributed by atoms with Crippen molar-refractivity contribution in [1.82, 2.24) is 20.9 Å². The van der Waals surface area contributed by atoms with Crippen LogP contribution in [0.5, 0.6) is 0 Å². The molecular formula is C15H31N5O. The predicted octanol–water partition coefficient (Wildman–Crippen LogP) is 0.552. The molecule has 0 atom stereocenters. The average molecular weight is 297 g/mol. The van der Waals surface area contributed by atoms with Gasteiger partial charge in [-0.2, -0.15) is 0 Å². The van der Waals surface area contributed by atoms with Gasteiger partial charge in [-0.25, -0.2) is 0 Å². The third-order valence-corrected chi connectivity index (χ3v) is 3.49. The Morgan fingerprint density at radius 1 is 1.14 bits per heavy atom. The molecule has 1 heterocycles. The second kappa shape index (κ2) is 10.4. The lowest BCUT2D eigenvalue weighted by Crippen LogP contribution is -2.43. The number of likely N-dealkylation sites (tertiary alicyclic amines) is 1. The first kappa shape index (κ1) is 17.8. The second-order valence-corrected chi connectivity index (χ2v) is 5.80. The molecule has 6 nitrogen and oxygen atoms in total. The van der Waals surface area contributed by atoms with Crippen molar-refractivity contribution in [1.29, 1.82) is 0 Å². The van der Waals surface area contributed by atoms with E-state index in [9.17, 15) is 4.79 Å². The highest BCUT2D eigenvalue weighted by molar-refractivity contribution is 5.81. The van der Waals surface area contributed by atoms with E-state index in [4.69, 9.17) is 0 Å². The van der Waals surface area contributed by atoms with E-state index in [0.717, 1.165) is 19.0 Å². The Morgan fingerprint density at radius 2 is 1.81 bits per heavy atom. The first-order valence-electron chi connectivity index (χ1n) is 8.08. The third kappa shape index (κ3) is 8.55. The van der Waals surface area contributed by atoms with E-state index < -0.39 is 0 Å². The molecule has 0 radical (unpaired) electrons. The largest absolute Gasteiger partial charge is 0.356 e. The zero-order valence-corrected chi connectivity index (χ0v) is 13.7. The fourth-order valence-corrected chi connectivity index (χ4v) is 2.42. The molecule has 0 unspecified atom stereocenters. The smallest absolute Gasteiger partial charge is 0.221 e. The van der Waals surface area contributed by atoms with Gasteiger partial charge in [0, 0.05) is 39.1 Å². The Kier molecular flexibility index (Phi) is 8.82. The molecule has 0 bridgehead atoms. The lowest BCUT2D eigenvalue weighted by molar-refractivity contribution is -0.121. The number of aliphatic imine (C=N–C) groups is 1. The molecule has 6 heteroatoms. The number of carbonyl (C=O) groups is 1. The van der Waals surface area contributed by atoms with Crippen molar-refractivity contribution in [3.63, 3.8) is 0 Å². The number of hydrogen-bond donors (Lipinski definition) is 3. The Labute approximate surface area is 128 Å². The molecule has 0 spiro atoms. The van der Waals surface area contributed by atoms with E-state index in [1.165, 1.54) is 32.4 Å². The molecule has 3 N–H and O–H groups in total. The van der Waals surface area contributed by atoms with Gasteiger partial charge in [-0.15, -0.1) is 0 Å². The molecule has 1 aliphatic heterocycles. The van der Waals surface area contributed by atoms with E-state index in [2.05, 4.69) is 25.8 Å².